The van der Waals surface area contributed by atoms with Crippen LogP contribution in [0.3, 0.4) is 0 Å². The number of nitrogens with zero attached hydrogens (tertiary/aromatic N) is 4. The molecule has 3 N–H and O–H groups in total. The Labute approximate surface area is 623 Å². The zero-order valence-electron chi connectivity index (χ0n) is 53.7. The van der Waals surface area contributed by atoms with E-state index in [9.17, 15) is 8.42 Å². The van der Waals surface area contributed by atoms with Gasteiger partial charge < -0.3 is 44.6 Å². The molecular weight excluding hydrogens is 1850 g/mol. The number of pyridine rings is 4. The molecule has 0 amide bonds. The maximum absolute atomic E-state index is 11.1. The van der Waals surface area contributed by atoms with E-state index in [1.165, 1.54) is 12.1 Å². The standard InChI is InChI=1S/C27H32NO2.C19H14NO2.C17H13N2.C17H12NO3S.3Ir.Rh/c1-5-20(3)18-29-26-14-13-23(17-27(26)30-19-21(4)6-2)22-10-9-11-24(16-22)25-12-7-8-15-28-25;1-2-9-20-17(6-1)16-5-3-4-14(12-16)15-7-8-18-19(13-15)22-11-10-21-18;18-16-9-7-13(8-10-16)14-4-3-5-15(12-14)17-6-1-2-11-19-17;19-22(20,21)16-9-7-13(8-10-16)14-4-3-5-15(12-14)17-6-1-2-11-18-17;;;;/h7-10,12-17,20-21H,5-6,18-19H2,1-4H3;1-4,6-9,12-13H,10-11H2;1-4,6-12H,18H2;1-4,6-12H,(H,19,20,21);;;;/q4*-1;;;;. The third-order valence-electron chi connectivity index (χ3n) is 15.3. The molecule has 5 heterocycles. The van der Waals surface area contributed by atoms with Crippen molar-refractivity contribution in [2.75, 3.05) is 32.2 Å². The molecule has 0 aliphatic carbocycles. The maximum atomic E-state index is 11.1. The van der Waals surface area contributed by atoms with Gasteiger partial charge in [-0.3, -0.25) is 4.55 Å². The predicted octanol–water partition coefficient (Wildman–Crippen LogP) is 18.3. The van der Waals surface area contributed by atoms with Gasteiger partial charge in [0, 0.05) is 110 Å². The van der Waals surface area contributed by atoms with Crippen LogP contribution >= 0.6 is 0 Å². The summed E-state index contributed by atoms with van der Waals surface area (Å²) >= 11 is 0. The minimum Gasteiger partial charge on any atom is -0.489 e. The van der Waals surface area contributed by atoms with E-state index in [0.717, 1.165) is 131 Å². The van der Waals surface area contributed by atoms with Crippen molar-refractivity contribution in [1.29, 1.82) is 0 Å². The number of benzene rings is 8. The van der Waals surface area contributed by atoms with E-state index in [1.807, 2.05) is 164 Å². The number of anilines is 1. The molecule has 0 saturated carbocycles. The minimum absolute atomic E-state index is 0. The summed E-state index contributed by atoms with van der Waals surface area (Å²) in [5.41, 5.74) is 22.3. The second-order valence-corrected chi connectivity index (χ2v) is 23.5. The number of aromatic nitrogens is 4. The van der Waals surface area contributed by atoms with Crippen LogP contribution < -0.4 is 24.7 Å². The van der Waals surface area contributed by atoms with Gasteiger partial charge in [-0.15, -0.1) is 142 Å². The van der Waals surface area contributed by atoms with Crippen molar-refractivity contribution < 1.29 is 112 Å². The van der Waals surface area contributed by atoms with Crippen molar-refractivity contribution in [2.24, 2.45) is 11.8 Å². The van der Waals surface area contributed by atoms with Gasteiger partial charge in [-0.25, -0.2) is 0 Å². The van der Waals surface area contributed by atoms with Gasteiger partial charge in [0.2, 0.25) is 0 Å². The fourth-order valence-electron chi connectivity index (χ4n) is 9.60. The van der Waals surface area contributed by atoms with E-state index in [2.05, 4.69) is 108 Å². The van der Waals surface area contributed by atoms with Crippen molar-refractivity contribution >= 4 is 15.8 Å². The fourth-order valence-corrected chi connectivity index (χ4v) is 10.1. The Hall–Kier alpha value is -8.16. The van der Waals surface area contributed by atoms with Crippen molar-refractivity contribution in [1.82, 2.24) is 19.9 Å². The molecule has 8 aromatic carbocycles. The fraction of sp³-hybridized carbons (Fsp3) is 0.150. The maximum Gasteiger partial charge on any atom is 0.294 e. The van der Waals surface area contributed by atoms with Crippen LogP contribution in [0.1, 0.15) is 40.5 Å². The van der Waals surface area contributed by atoms with E-state index >= 15 is 0 Å². The molecular formula is C80H71Ir3N5O7RhS-4. The second-order valence-electron chi connectivity index (χ2n) is 22.1. The van der Waals surface area contributed by atoms with Gasteiger partial charge in [0.05, 0.1) is 18.1 Å². The van der Waals surface area contributed by atoms with Crippen LogP contribution in [-0.4, -0.2) is 59.3 Å². The SMILES string of the molecule is CCC(C)COc1ccc(-c2cc[c-]c(-c3ccccn3)c2)cc1OCC(C)CC.Nc1ccc(-c2cc[c-]c(-c3ccccn3)c2)cc1.O=S(=O)(O)c1ccc(-c2cc[c-]c(-c3ccccn3)c2)cc1.[Ir].[Ir].[Ir].[Rh].[c-]1ccc(-c2ccc3c(c2)OCCO3)cc1-c1ccccn1. The molecule has 1 aliphatic rings. The van der Waals surface area contributed by atoms with E-state index < -0.39 is 10.1 Å². The van der Waals surface area contributed by atoms with Crippen LogP contribution in [0, 0.1) is 36.1 Å². The first-order chi connectivity index (χ1) is 45.4. The second kappa shape index (κ2) is 39.3. The third kappa shape index (κ3) is 22.7. The normalized spacial score (nSPS) is 11.5. The first kappa shape index (κ1) is 77.8. The number of hydrogen-bond donors (Lipinski definition) is 2. The molecule has 0 bridgehead atoms. The summed E-state index contributed by atoms with van der Waals surface area (Å²) < 4.78 is 54.6. The molecule has 13 rings (SSSR count). The summed E-state index contributed by atoms with van der Waals surface area (Å²) in [6.07, 6.45) is 9.29. The number of nitrogen functional groups attached to an aromatic ring is 1. The Balaban J connectivity index is 0.000000204. The van der Waals surface area contributed by atoms with E-state index in [0.29, 0.717) is 38.3 Å². The molecule has 0 fully saturated rings. The van der Waals surface area contributed by atoms with E-state index in [4.69, 9.17) is 29.2 Å². The molecule has 4 radical (unpaired) electrons. The predicted molar refractivity (Wildman–Crippen MR) is 371 cm³/mol. The topological polar surface area (TPSA) is 169 Å². The van der Waals surface area contributed by atoms with Gasteiger partial charge in [0.25, 0.3) is 10.1 Å². The van der Waals surface area contributed by atoms with Gasteiger partial charge in [-0.05, 0) is 130 Å². The molecule has 4 aromatic heterocycles. The van der Waals surface area contributed by atoms with Crippen molar-refractivity contribution in [3.63, 3.8) is 0 Å². The van der Waals surface area contributed by atoms with Gasteiger partial charge in [-0.2, -0.15) is 8.42 Å². The molecule has 2 atom stereocenters. The van der Waals surface area contributed by atoms with Gasteiger partial charge in [0.1, 0.15) is 13.2 Å². The summed E-state index contributed by atoms with van der Waals surface area (Å²) in [6.45, 7) is 11.4. The molecule has 0 spiro atoms. The van der Waals surface area contributed by atoms with Crippen molar-refractivity contribution in [3.05, 3.63) is 280 Å². The van der Waals surface area contributed by atoms with Crippen LogP contribution in [0.2, 0.25) is 0 Å². The van der Waals surface area contributed by atoms with Crippen molar-refractivity contribution in [3.8, 4) is 113 Å². The number of fused-ring (bicyclic) bond motifs is 1. The number of nitrogens with two attached hydrogens (primary N) is 1. The van der Waals surface area contributed by atoms with Crippen molar-refractivity contribution in [2.45, 2.75) is 45.4 Å². The summed E-state index contributed by atoms with van der Waals surface area (Å²) in [7, 11) is -4.17. The molecule has 0 saturated heterocycles. The first-order valence-electron chi connectivity index (χ1n) is 30.8. The van der Waals surface area contributed by atoms with E-state index in [1.54, 1.807) is 43.0 Å². The smallest absolute Gasteiger partial charge is 0.294 e. The third-order valence-corrected chi connectivity index (χ3v) is 16.2. The van der Waals surface area contributed by atoms with Crippen LogP contribution in [0.25, 0.3) is 89.5 Å². The first-order valence-corrected chi connectivity index (χ1v) is 32.3. The van der Waals surface area contributed by atoms with E-state index in [-0.39, 0.29) is 84.7 Å². The summed E-state index contributed by atoms with van der Waals surface area (Å²) in [4.78, 5) is 17.3. The summed E-state index contributed by atoms with van der Waals surface area (Å²) in [6, 6.07) is 86.2. The van der Waals surface area contributed by atoms with Gasteiger partial charge >= 0.3 is 0 Å². The quantitative estimate of drug-likeness (QED) is 0.0384. The number of hydrogen-bond acceptors (Lipinski definition) is 11. The van der Waals surface area contributed by atoms with Crippen LogP contribution in [-0.2, 0) is 89.9 Å². The molecule has 1 aliphatic heterocycles. The van der Waals surface area contributed by atoms with Crippen LogP contribution in [0.15, 0.2) is 260 Å². The molecule has 12 nitrogen and oxygen atoms in total. The zero-order chi connectivity index (χ0) is 64.8. The Morgan fingerprint density at radius 2 is 0.773 bits per heavy atom. The molecule has 12 aromatic rings. The minimum atomic E-state index is -4.17. The van der Waals surface area contributed by atoms with Crippen LogP contribution in [0.4, 0.5) is 5.69 Å². The molecule has 2 unspecified atom stereocenters. The Morgan fingerprint density at radius 3 is 1.15 bits per heavy atom. The molecule has 17 heteroatoms. The van der Waals surface area contributed by atoms with Crippen LogP contribution in [0.5, 0.6) is 23.0 Å². The average molecular weight is 1930 g/mol. The molecule has 97 heavy (non-hydrogen) atoms. The summed E-state index contributed by atoms with van der Waals surface area (Å²) in [5.74, 6) is 4.24. The number of ether oxygens (including phenoxy) is 4. The van der Waals surface area contributed by atoms with Gasteiger partial charge in [0.15, 0.2) is 23.0 Å². The zero-order valence-corrected chi connectivity index (χ0v) is 63.3. The largest absolute Gasteiger partial charge is 0.489 e. The Bertz CT molecular complexity index is 4460. The number of rotatable bonds is 17. The van der Waals surface area contributed by atoms with Gasteiger partial charge in [-0.1, -0.05) is 125 Å². The molecule has 504 valence electrons. The average Bonchev–Trinajstić information content (AvgIpc) is 0.886. The Kier molecular flexibility index (Phi) is 31.5. The monoisotopic (exact) mass is 1930 g/mol. The summed E-state index contributed by atoms with van der Waals surface area (Å²) in [5, 5.41) is 0. The Morgan fingerprint density at radius 1 is 0.433 bits per heavy atom.